The lowest BCUT2D eigenvalue weighted by Gasteiger charge is -2.23. The van der Waals surface area contributed by atoms with Crippen LogP contribution in [0, 0.1) is 0 Å². The lowest BCUT2D eigenvalue weighted by molar-refractivity contribution is -0.166. The number of carbonyl (C=O) groups excluding carboxylic acids is 1. The van der Waals surface area contributed by atoms with Gasteiger partial charge in [0.25, 0.3) is 0 Å². The maximum Gasteiger partial charge on any atom is 0.308 e. The lowest BCUT2D eigenvalue weighted by atomic mass is 10.1. The average Bonchev–Trinajstić information content (AvgIpc) is 2.72. The minimum atomic E-state index is -0.883. The first-order chi connectivity index (χ1) is 8.53. The molecule has 0 aliphatic carbocycles. The number of ether oxygens (including phenoxy) is 3. The summed E-state index contributed by atoms with van der Waals surface area (Å²) >= 11 is 0. The molecule has 2 unspecified atom stereocenters. The Balaban J connectivity index is 2.05. The van der Waals surface area contributed by atoms with Gasteiger partial charge in [-0.15, -0.1) is 0 Å². The SMILES string of the molecule is COC(=O)CC1COC(C)(c2ccc(O)cc2)O1. The van der Waals surface area contributed by atoms with E-state index in [4.69, 9.17) is 9.47 Å². The fourth-order valence-corrected chi connectivity index (χ4v) is 1.92. The van der Waals surface area contributed by atoms with Crippen LogP contribution in [0.25, 0.3) is 0 Å². The molecule has 1 fully saturated rings. The number of esters is 1. The molecule has 0 amide bonds. The van der Waals surface area contributed by atoms with Crippen molar-refractivity contribution in [2.45, 2.75) is 25.2 Å². The smallest absolute Gasteiger partial charge is 0.308 e. The Morgan fingerprint density at radius 3 is 2.78 bits per heavy atom. The molecule has 0 spiro atoms. The summed E-state index contributed by atoms with van der Waals surface area (Å²) in [4.78, 5) is 11.2. The van der Waals surface area contributed by atoms with E-state index in [1.54, 1.807) is 31.2 Å². The molecule has 1 aliphatic rings. The van der Waals surface area contributed by atoms with Crippen LogP contribution in [0.1, 0.15) is 18.9 Å². The molecule has 0 aromatic heterocycles. The third-order valence-corrected chi connectivity index (χ3v) is 2.95. The van der Waals surface area contributed by atoms with Crippen molar-refractivity contribution in [2.24, 2.45) is 0 Å². The average molecular weight is 252 g/mol. The molecule has 1 aromatic rings. The maximum absolute atomic E-state index is 11.2. The topological polar surface area (TPSA) is 65.0 Å². The van der Waals surface area contributed by atoms with Crippen molar-refractivity contribution in [2.75, 3.05) is 13.7 Å². The summed E-state index contributed by atoms with van der Waals surface area (Å²) in [5.74, 6) is -1.02. The Labute approximate surface area is 105 Å². The molecule has 0 radical (unpaired) electrons. The highest BCUT2D eigenvalue weighted by atomic mass is 16.7. The van der Waals surface area contributed by atoms with Gasteiger partial charge in [0, 0.05) is 5.56 Å². The number of aromatic hydroxyl groups is 1. The second-order valence-electron chi connectivity index (χ2n) is 4.32. The molecule has 1 aliphatic heterocycles. The summed E-state index contributed by atoms with van der Waals surface area (Å²) in [6.45, 7) is 2.13. The van der Waals surface area contributed by atoms with E-state index in [0.717, 1.165) is 5.56 Å². The number of phenolic OH excluding ortho intramolecular Hbond substituents is 1. The van der Waals surface area contributed by atoms with Gasteiger partial charge in [0.1, 0.15) is 5.75 Å². The molecule has 1 N–H and O–H groups in total. The van der Waals surface area contributed by atoms with Crippen LogP contribution in [0.2, 0.25) is 0 Å². The van der Waals surface area contributed by atoms with Gasteiger partial charge in [-0.3, -0.25) is 4.79 Å². The first kappa shape index (κ1) is 12.9. The van der Waals surface area contributed by atoms with Crippen LogP contribution in [-0.2, 0) is 24.8 Å². The van der Waals surface area contributed by atoms with Gasteiger partial charge in [-0.2, -0.15) is 0 Å². The zero-order valence-electron chi connectivity index (χ0n) is 10.4. The molecule has 1 saturated heterocycles. The first-order valence-corrected chi connectivity index (χ1v) is 5.71. The summed E-state index contributed by atoms with van der Waals surface area (Å²) in [5, 5.41) is 9.24. The van der Waals surface area contributed by atoms with Crippen LogP contribution in [0.3, 0.4) is 0 Å². The van der Waals surface area contributed by atoms with Gasteiger partial charge in [-0.05, 0) is 31.2 Å². The second kappa shape index (κ2) is 4.96. The van der Waals surface area contributed by atoms with E-state index in [1.165, 1.54) is 7.11 Å². The zero-order valence-corrected chi connectivity index (χ0v) is 10.4. The van der Waals surface area contributed by atoms with E-state index in [2.05, 4.69) is 4.74 Å². The molecule has 2 atom stereocenters. The maximum atomic E-state index is 11.2. The monoisotopic (exact) mass is 252 g/mol. The Kier molecular flexibility index (Phi) is 3.54. The largest absolute Gasteiger partial charge is 0.508 e. The minimum Gasteiger partial charge on any atom is -0.508 e. The van der Waals surface area contributed by atoms with Crippen LogP contribution in [0.5, 0.6) is 5.75 Å². The van der Waals surface area contributed by atoms with Gasteiger partial charge in [0.15, 0.2) is 5.79 Å². The number of carbonyl (C=O) groups is 1. The van der Waals surface area contributed by atoms with Gasteiger partial charge < -0.3 is 19.3 Å². The molecule has 0 saturated carbocycles. The van der Waals surface area contributed by atoms with Crippen molar-refractivity contribution in [3.05, 3.63) is 29.8 Å². The van der Waals surface area contributed by atoms with Crippen LogP contribution in [-0.4, -0.2) is 30.9 Å². The Bertz CT molecular complexity index is 428. The molecule has 5 heteroatoms. The van der Waals surface area contributed by atoms with E-state index < -0.39 is 5.79 Å². The Hall–Kier alpha value is -1.59. The number of hydrogen-bond donors (Lipinski definition) is 1. The first-order valence-electron chi connectivity index (χ1n) is 5.71. The molecule has 18 heavy (non-hydrogen) atoms. The molecule has 2 rings (SSSR count). The second-order valence-corrected chi connectivity index (χ2v) is 4.32. The molecule has 1 aromatic carbocycles. The van der Waals surface area contributed by atoms with Crippen LogP contribution in [0.4, 0.5) is 0 Å². The van der Waals surface area contributed by atoms with Crippen molar-refractivity contribution >= 4 is 5.97 Å². The standard InChI is InChI=1S/C13H16O5/c1-13(9-3-5-10(14)6-4-9)17-8-11(18-13)7-12(15)16-2/h3-6,11,14H,7-8H2,1-2H3. The van der Waals surface area contributed by atoms with E-state index in [9.17, 15) is 9.90 Å². The van der Waals surface area contributed by atoms with Crippen molar-refractivity contribution in [3.63, 3.8) is 0 Å². The highest BCUT2D eigenvalue weighted by Gasteiger charge is 2.39. The third-order valence-electron chi connectivity index (χ3n) is 2.95. The fourth-order valence-electron chi connectivity index (χ4n) is 1.92. The molecule has 0 bridgehead atoms. The summed E-state index contributed by atoms with van der Waals surface area (Å²) in [6, 6.07) is 6.60. The summed E-state index contributed by atoms with van der Waals surface area (Å²) < 4.78 is 15.9. The summed E-state index contributed by atoms with van der Waals surface area (Å²) in [7, 11) is 1.34. The Morgan fingerprint density at radius 1 is 1.50 bits per heavy atom. The number of benzene rings is 1. The van der Waals surface area contributed by atoms with Crippen molar-refractivity contribution in [1.82, 2.24) is 0 Å². The van der Waals surface area contributed by atoms with Crippen LogP contribution < -0.4 is 0 Å². The van der Waals surface area contributed by atoms with Crippen molar-refractivity contribution < 1.29 is 24.1 Å². The zero-order chi connectivity index (χ0) is 13.2. The number of rotatable bonds is 3. The van der Waals surface area contributed by atoms with Gasteiger partial charge >= 0.3 is 5.97 Å². The van der Waals surface area contributed by atoms with Gasteiger partial charge in [0.2, 0.25) is 0 Å². The molecule has 1 heterocycles. The predicted octanol–water partition coefficient (Wildman–Crippen LogP) is 1.54. The molecule has 98 valence electrons. The van der Waals surface area contributed by atoms with Gasteiger partial charge in [-0.25, -0.2) is 0 Å². The predicted molar refractivity (Wildman–Crippen MR) is 62.9 cm³/mol. The minimum absolute atomic E-state index is 0.171. The van der Waals surface area contributed by atoms with Crippen LogP contribution in [0.15, 0.2) is 24.3 Å². The summed E-state index contributed by atoms with van der Waals surface area (Å²) in [5.41, 5.74) is 0.799. The highest BCUT2D eigenvalue weighted by molar-refractivity contribution is 5.69. The Morgan fingerprint density at radius 2 is 2.17 bits per heavy atom. The quantitative estimate of drug-likeness (QED) is 0.827. The van der Waals surface area contributed by atoms with E-state index >= 15 is 0 Å². The normalized spacial score (nSPS) is 27.1. The van der Waals surface area contributed by atoms with Crippen molar-refractivity contribution in [3.8, 4) is 5.75 Å². The van der Waals surface area contributed by atoms with Crippen LogP contribution >= 0.6 is 0 Å². The number of phenols is 1. The van der Waals surface area contributed by atoms with E-state index in [-0.39, 0.29) is 24.2 Å². The van der Waals surface area contributed by atoms with Gasteiger partial charge in [0.05, 0.1) is 26.2 Å². The third kappa shape index (κ3) is 2.63. The number of hydrogen-bond acceptors (Lipinski definition) is 5. The highest BCUT2D eigenvalue weighted by Crippen LogP contribution is 2.35. The molecular weight excluding hydrogens is 236 g/mol. The van der Waals surface area contributed by atoms with E-state index in [1.807, 2.05) is 0 Å². The van der Waals surface area contributed by atoms with Crippen molar-refractivity contribution in [1.29, 1.82) is 0 Å². The molecule has 5 nitrogen and oxygen atoms in total. The summed E-state index contributed by atoms with van der Waals surface area (Å²) in [6.07, 6.45) is -0.138. The van der Waals surface area contributed by atoms with E-state index in [0.29, 0.717) is 6.61 Å². The number of methoxy groups -OCH3 is 1. The lowest BCUT2D eigenvalue weighted by Crippen LogP contribution is -2.24. The fraction of sp³-hybridized carbons (Fsp3) is 0.462. The molecular formula is C13H16O5. The van der Waals surface area contributed by atoms with Gasteiger partial charge in [-0.1, -0.05) is 0 Å².